The molecule has 0 unspecified atom stereocenters. The Morgan fingerprint density at radius 2 is 2.00 bits per heavy atom. The number of ether oxygens (including phenoxy) is 1. The first-order valence-electron chi connectivity index (χ1n) is 7.07. The Morgan fingerprint density at radius 1 is 1.27 bits per heavy atom. The normalized spacial score (nSPS) is 11.6. The van der Waals surface area contributed by atoms with Crippen LogP contribution in [0.5, 0.6) is 0 Å². The molecule has 0 aliphatic carbocycles. The van der Waals surface area contributed by atoms with Gasteiger partial charge in [0.05, 0.1) is 12.2 Å². The zero-order chi connectivity index (χ0) is 16.0. The molecule has 1 amide bonds. The molecule has 0 bridgehead atoms. The summed E-state index contributed by atoms with van der Waals surface area (Å²) in [6.07, 6.45) is 4.74. The van der Waals surface area contributed by atoms with Gasteiger partial charge in [0.15, 0.2) is 0 Å². The smallest absolute Gasteiger partial charge is 0.407 e. The average molecular weight is 300 g/mol. The van der Waals surface area contributed by atoms with E-state index in [1.54, 1.807) is 6.08 Å². The highest BCUT2D eigenvalue weighted by atomic mass is 16.6. The lowest BCUT2D eigenvalue weighted by molar-refractivity contribution is 0.0523. The quantitative estimate of drug-likeness (QED) is 0.931. The molecule has 116 valence electrons. The van der Waals surface area contributed by atoms with Crippen molar-refractivity contribution in [1.29, 1.82) is 0 Å². The highest BCUT2D eigenvalue weighted by Crippen LogP contribution is 2.09. The van der Waals surface area contributed by atoms with E-state index >= 15 is 0 Å². The number of carbonyl (C=O) groups is 1. The Kier molecular flexibility index (Phi) is 4.99. The molecular weight excluding hydrogens is 280 g/mol. The van der Waals surface area contributed by atoms with Crippen LogP contribution in [0.4, 0.5) is 4.79 Å². The van der Waals surface area contributed by atoms with E-state index in [4.69, 9.17) is 9.15 Å². The first-order chi connectivity index (χ1) is 10.4. The molecule has 0 radical (unpaired) electrons. The first-order valence-corrected chi connectivity index (χ1v) is 7.07. The number of hydrogen-bond acceptors (Lipinski definition) is 4. The summed E-state index contributed by atoms with van der Waals surface area (Å²) in [6.45, 7) is 5.71. The molecular formula is C17H20N2O3. The van der Waals surface area contributed by atoms with Gasteiger partial charge in [0.2, 0.25) is 5.89 Å². The lowest BCUT2D eigenvalue weighted by Gasteiger charge is -2.19. The highest BCUT2D eigenvalue weighted by Gasteiger charge is 2.16. The van der Waals surface area contributed by atoms with Crippen LogP contribution in [0, 0.1) is 0 Å². The Balaban J connectivity index is 1.87. The molecule has 0 spiro atoms. The second-order valence-corrected chi connectivity index (χ2v) is 5.78. The van der Waals surface area contributed by atoms with Crippen LogP contribution in [-0.4, -0.2) is 16.7 Å². The number of benzene rings is 1. The summed E-state index contributed by atoms with van der Waals surface area (Å²) in [7, 11) is 0. The van der Waals surface area contributed by atoms with Crippen molar-refractivity contribution in [2.45, 2.75) is 32.9 Å². The van der Waals surface area contributed by atoms with Crippen LogP contribution in [0.1, 0.15) is 37.9 Å². The number of aromatic nitrogens is 1. The molecule has 1 aromatic carbocycles. The van der Waals surface area contributed by atoms with Gasteiger partial charge in [0.1, 0.15) is 11.9 Å². The second-order valence-electron chi connectivity index (χ2n) is 5.78. The van der Waals surface area contributed by atoms with Gasteiger partial charge in [-0.15, -0.1) is 0 Å². The molecule has 1 heterocycles. The number of nitrogens with zero attached hydrogens (tertiary/aromatic N) is 1. The Labute approximate surface area is 130 Å². The SMILES string of the molecule is CC(C)(C)OC(=O)NCc1coc(/C=C/c2ccccc2)n1. The lowest BCUT2D eigenvalue weighted by Crippen LogP contribution is -2.32. The van der Waals surface area contributed by atoms with Crippen molar-refractivity contribution in [1.82, 2.24) is 10.3 Å². The maximum atomic E-state index is 11.5. The number of hydrogen-bond donors (Lipinski definition) is 1. The lowest BCUT2D eigenvalue weighted by atomic mass is 10.2. The van der Waals surface area contributed by atoms with Gasteiger partial charge in [-0.25, -0.2) is 9.78 Å². The highest BCUT2D eigenvalue weighted by molar-refractivity contribution is 5.68. The minimum Gasteiger partial charge on any atom is -0.445 e. The zero-order valence-electron chi connectivity index (χ0n) is 13.0. The third-order valence-electron chi connectivity index (χ3n) is 2.60. The molecule has 0 atom stereocenters. The van der Waals surface area contributed by atoms with Crippen molar-refractivity contribution in [3.05, 3.63) is 53.7 Å². The molecule has 1 N–H and O–H groups in total. The van der Waals surface area contributed by atoms with Crippen LogP contribution in [-0.2, 0) is 11.3 Å². The van der Waals surface area contributed by atoms with Gasteiger partial charge >= 0.3 is 6.09 Å². The van der Waals surface area contributed by atoms with Gasteiger partial charge in [0, 0.05) is 6.08 Å². The van der Waals surface area contributed by atoms with Crippen LogP contribution in [0.2, 0.25) is 0 Å². The van der Waals surface area contributed by atoms with Crippen LogP contribution in [0.15, 0.2) is 41.0 Å². The van der Waals surface area contributed by atoms with Crippen LogP contribution < -0.4 is 5.32 Å². The number of carbonyl (C=O) groups excluding carboxylic acids is 1. The number of amides is 1. The zero-order valence-corrected chi connectivity index (χ0v) is 13.0. The van der Waals surface area contributed by atoms with Gasteiger partial charge in [-0.3, -0.25) is 0 Å². The van der Waals surface area contributed by atoms with Crippen LogP contribution in [0.3, 0.4) is 0 Å². The molecule has 0 aliphatic rings. The number of nitrogens with one attached hydrogen (secondary N) is 1. The maximum Gasteiger partial charge on any atom is 0.407 e. The van der Waals surface area contributed by atoms with Gasteiger partial charge in [-0.05, 0) is 32.4 Å². The monoisotopic (exact) mass is 300 g/mol. The fourth-order valence-corrected chi connectivity index (χ4v) is 1.69. The molecule has 1 aromatic heterocycles. The molecule has 0 saturated heterocycles. The van der Waals surface area contributed by atoms with Crippen molar-refractivity contribution < 1.29 is 13.9 Å². The maximum absolute atomic E-state index is 11.5. The summed E-state index contributed by atoms with van der Waals surface area (Å²) in [4.78, 5) is 15.8. The average Bonchev–Trinajstić information content (AvgIpc) is 2.90. The van der Waals surface area contributed by atoms with E-state index in [-0.39, 0.29) is 6.54 Å². The molecule has 0 aliphatic heterocycles. The van der Waals surface area contributed by atoms with Gasteiger partial charge in [-0.1, -0.05) is 30.3 Å². The van der Waals surface area contributed by atoms with E-state index in [0.29, 0.717) is 11.6 Å². The van der Waals surface area contributed by atoms with Crippen molar-refractivity contribution in [2.24, 2.45) is 0 Å². The Morgan fingerprint density at radius 3 is 2.68 bits per heavy atom. The standard InChI is InChI=1S/C17H20N2O3/c1-17(2,3)22-16(20)18-11-14-12-21-15(19-14)10-9-13-7-5-4-6-8-13/h4-10,12H,11H2,1-3H3,(H,18,20)/b10-9+. The Hall–Kier alpha value is -2.56. The molecule has 2 rings (SSSR count). The molecule has 2 aromatic rings. The van der Waals surface area contributed by atoms with Crippen LogP contribution in [0.25, 0.3) is 12.2 Å². The second kappa shape index (κ2) is 6.93. The number of oxazole rings is 1. The molecule has 0 fully saturated rings. The van der Waals surface area contributed by atoms with Crippen molar-refractivity contribution in [3.63, 3.8) is 0 Å². The molecule has 5 heteroatoms. The largest absolute Gasteiger partial charge is 0.445 e. The van der Waals surface area contributed by atoms with E-state index in [0.717, 1.165) is 5.56 Å². The Bertz CT molecular complexity index is 639. The van der Waals surface area contributed by atoms with E-state index < -0.39 is 11.7 Å². The topological polar surface area (TPSA) is 64.4 Å². The predicted octanol–water partition coefficient (Wildman–Crippen LogP) is 3.87. The van der Waals surface area contributed by atoms with E-state index in [1.807, 2.05) is 57.2 Å². The van der Waals surface area contributed by atoms with Crippen LogP contribution >= 0.6 is 0 Å². The summed E-state index contributed by atoms with van der Waals surface area (Å²) in [6, 6.07) is 9.87. The first kappa shape index (κ1) is 15.8. The molecule has 5 nitrogen and oxygen atoms in total. The van der Waals surface area contributed by atoms with Crippen molar-refractivity contribution in [2.75, 3.05) is 0 Å². The van der Waals surface area contributed by atoms with Gasteiger partial charge in [-0.2, -0.15) is 0 Å². The van der Waals surface area contributed by atoms with Gasteiger partial charge < -0.3 is 14.5 Å². The third kappa shape index (κ3) is 5.44. The third-order valence-corrected chi connectivity index (χ3v) is 2.60. The summed E-state index contributed by atoms with van der Waals surface area (Å²) in [5.74, 6) is 0.491. The van der Waals surface area contributed by atoms with E-state index in [2.05, 4.69) is 10.3 Å². The van der Waals surface area contributed by atoms with Crippen molar-refractivity contribution >= 4 is 18.2 Å². The number of alkyl carbamates (subject to hydrolysis) is 1. The predicted molar refractivity (Wildman–Crippen MR) is 84.9 cm³/mol. The summed E-state index contributed by atoms with van der Waals surface area (Å²) in [5.41, 5.74) is 1.19. The van der Waals surface area contributed by atoms with E-state index in [1.165, 1.54) is 6.26 Å². The summed E-state index contributed by atoms with van der Waals surface area (Å²) in [5, 5.41) is 2.63. The summed E-state index contributed by atoms with van der Waals surface area (Å²) < 4.78 is 10.5. The molecule has 0 saturated carbocycles. The van der Waals surface area contributed by atoms with Gasteiger partial charge in [0.25, 0.3) is 0 Å². The minimum atomic E-state index is -0.516. The minimum absolute atomic E-state index is 0.261. The summed E-state index contributed by atoms with van der Waals surface area (Å²) >= 11 is 0. The van der Waals surface area contributed by atoms with Crippen molar-refractivity contribution in [3.8, 4) is 0 Å². The van der Waals surface area contributed by atoms with E-state index in [9.17, 15) is 4.79 Å². The molecule has 22 heavy (non-hydrogen) atoms. The fourth-order valence-electron chi connectivity index (χ4n) is 1.69. The fraction of sp³-hybridized carbons (Fsp3) is 0.294. The number of rotatable bonds is 4.